The average Bonchev–Trinajstić information content (AvgIpc) is 3.18. The summed E-state index contributed by atoms with van der Waals surface area (Å²) in [5.41, 5.74) is 0.880. The number of unbranched alkanes of at least 4 members (excludes halogenated alkanes) is 7. The van der Waals surface area contributed by atoms with E-state index in [-0.39, 0.29) is 17.9 Å². The van der Waals surface area contributed by atoms with E-state index in [2.05, 4.69) is 13.8 Å². The molecule has 1 aliphatic rings. The molecule has 1 amide bonds. The molecule has 10 heteroatoms. The summed E-state index contributed by atoms with van der Waals surface area (Å²) >= 11 is 6.80. The molecule has 3 rings (SSSR count). The van der Waals surface area contributed by atoms with Crippen molar-refractivity contribution in [3.8, 4) is 0 Å². The lowest BCUT2D eigenvalue weighted by Gasteiger charge is -2.19. The summed E-state index contributed by atoms with van der Waals surface area (Å²) in [5, 5.41) is 10.5. The molecule has 1 N–H and O–H groups in total. The lowest BCUT2D eigenvalue weighted by Crippen LogP contribution is -3.07. The van der Waals surface area contributed by atoms with E-state index in [0.717, 1.165) is 75.8 Å². The van der Waals surface area contributed by atoms with Gasteiger partial charge in [0.05, 0.1) is 18.0 Å². The third-order valence-electron chi connectivity index (χ3n) is 6.87. The summed E-state index contributed by atoms with van der Waals surface area (Å²) in [6.45, 7) is 6.51. The molecule has 0 saturated carbocycles. The Morgan fingerprint density at radius 2 is 1.67 bits per heavy atom. The summed E-state index contributed by atoms with van der Waals surface area (Å²) in [6, 6.07) is 5.51. The van der Waals surface area contributed by atoms with E-state index in [1.807, 2.05) is 12.1 Å². The van der Waals surface area contributed by atoms with Gasteiger partial charge in [0.1, 0.15) is 15.5 Å². The monoisotopic (exact) mass is 572 g/mol. The first-order valence-electron chi connectivity index (χ1n) is 14.2. The van der Waals surface area contributed by atoms with Crippen molar-refractivity contribution in [2.45, 2.75) is 84.5 Å². The van der Waals surface area contributed by atoms with Crippen molar-refractivity contribution >= 4 is 57.7 Å². The maximum absolute atomic E-state index is 13.6. The van der Waals surface area contributed by atoms with Crippen molar-refractivity contribution in [3.63, 3.8) is 0 Å². The Labute approximate surface area is 240 Å². The molecule has 212 valence electrons. The Balaban J connectivity index is 1.66. The van der Waals surface area contributed by atoms with Gasteiger partial charge in [-0.2, -0.15) is 4.98 Å². The molecule has 3 heterocycles. The second-order valence-corrected chi connectivity index (χ2v) is 11.7. The van der Waals surface area contributed by atoms with E-state index in [1.54, 1.807) is 23.2 Å². The van der Waals surface area contributed by atoms with Gasteiger partial charge >= 0.3 is 0 Å². The van der Waals surface area contributed by atoms with E-state index in [1.165, 1.54) is 16.2 Å². The van der Waals surface area contributed by atoms with Crippen LogP contribution in [0.4, 0.5) is 5.82 Å². The molecule has 0 aliphatic carbocycles. The van der Waals surface area contributed by atoms with Crippen molar-refractivity contribution < 1.29 is 19.6 Å². The largest absolute Gasteiger partial charge is 0.550 e. The van der Waals surface area contributed by atoms with Gasteiger partial charge in [-0.15, -0.1) is 0 Å². The minimum Gasteiger partial charge on any atom is -0.550 e. The molecule has 2 aromatic heterocycles. The van der Waals surface area contributed by atoms with Gasteiger partial charge in [-0.05, 0) is 50.3 Å². The van der Waals surface area contributed by atoms with Gasteiger partial charge < -0.3 is 9.90 Å². The molecule has 0 spiro atoms. The molecule has 0 aromatic carbocycles. The van der Waals surface area contributed by atoms with Crippen molar-refractivity contribution in [2.75, 3.05) is 19.6 Å². The predicted octanol–water partition coefficient (Wildman–Crippen LogP) is 3.49. The van der Waals surface area contributed by atoms with Gasteiger partial charge in [0.15, 0.2) is 0 Å². The lowest BCUT2D eigenvalue weighted by molar-refractivity contribution is -0.835. The Morgan fingerprint density at radius 3 is 2.31 bits per heavy atom. The first-order chi connectivity index (χ1) is 18.9. The third-order valence-corrected chi connectivity index (χ3v) is 8.25. The summed E-state index contributed by atoms with van der Waals surface area (Å²) in [5.74, 6) is -0.424. The van der Waals surface area contributed by atoms with Crippen LogP contribution in [0.5, 0.6) is 0 Å². The topological polar surface area (TPSA) is 99.2 Å². The zero-order valence-electron chi connectivity index (χ0n) is 23.1. The Hall–Kier alpha value is -2.56. The number of carboxylic acid groups (broad SMARTS) is 1. The standard InChI is InChI=1S/C29H40N4O4S2/c1-3-17-31(18-4-2)26-22(27(36)32-19-14-12-15-24(32)30-26)21-23-28(37)33(29(38)39-23)20-13-10-8-6-5-7-9-11-16-25(34)35/h12,14-15,19,21H,3-11,13,16-18,20H2,1-2H3,(H,34,35). The van der Waals surface area contributed by atoms with Crippen LogP contribution in [0.25, 0.3) is 11.7 Å². The minimum absolute atomic E-state index is 0.142. The number of fused-ring (bicyclic) bond motifs is 1. The molecule has 1 aliphatic heterocycles. The maximum Gasteiger partial charge on any atom is 0.271 e. The van der Waals surface area contributed by atoms with E-state index in [4.69, 9.17) is 17.2 Å². The van der Waals surface area contributed by atoms with E-state index in [9.17, 15) is 19.5 Å². The molecular weight excluding hydrogens is 532 g/mol. The van der Waals surface area contributed by atoms with Gasteiger partial charge in [-0.3, -0.25) is 23.8 Å². The number of rotatable bonds is 17. The van der Waals surface area contributed by atoms with Gasteiger partial charge in [0.2, 0.25) is 5.82 Å². The third kappa shape index (κ3) is 8.71. The van der Waals surface area contributed by atoms with Crippen LogP contribution in [0.15, 0.2) is 34.1 Å². The molecule has 0 radical (unpaired) electrons. The summed E-state index contributed by atoms with van der Waals surface area (Å²) < 4.78 is 2.07. The number of pyridine rings is 1. The fourth-order valence-electron chi connectivity index (χ4n) is 4.89. The van der Waals surface area contributed by atoms with E-state index >= 15 is 0 Å². The number of hydrogen-bond acceptors (Lipinski definition) is 7. The van der Waals surface area contributed by atoms with Crippen LogP contribution in [0.1, 0.15) is 90.0 Å². The van der Waals surface area contributed by atoms with Crippen LogP contribution in [0, 0.1) is 0 Å². The average molecular weight is 573 g/mol. The molecule has 0 bridgehead atoms. The maximum atomic E-state index is 13.6. The number of carbonyl (C=O) groups excluding carboxylic acids is 2. The van der Waals surface area contributed by atoms with Crippen LogP contribution in [0.2, 0.25) is 0 Å². The normalized spacial score (nSPS) is 14.8. The zero-order valence-corrected chi connectivity index (χ0v) is 24.7. The van der Waals surface area contributed by atoms with Gasteiger partial charge in [0, 0.05) is 18.7 Å². The number of nitrogens with one attached hydrogen (secondary N) is 1. The van der Waals surface area contributed by atoms with Crippen molar-refractivity contribution in [2.24, 2.45) is 0 Å². The molecule has 39 heavy (non-hydrogen) atoms. The van der Waals surface area contributed by atoms with E-state index in [0.29, 0.717) is 39.2 Å². The zero-order chi connectivity index (χ0) is 28.2. The summed E-state index contributed by atoms with van der Waals surface area (Å²) in [6.07, 6.45) is 13.2. The second kappa shape index (κ2) is 15.9. The quantitative estimate of drug-likeness (QED) is 0.176. The fraction of sp³-hybridized carbons (Fsp3) is 0.552. The summed E-state index contributed by atoms with van der Waals surface area (Å²) in [4.78, 5) is 45.5. The molecule has 1 fully saturated rings. The molecule has 0 atom stereocenters. The van der Waals surface area contributed by atoms with Gasteiger partial charge in [-0.25, -0.2) is 0 Å². The van der Waals surface area contributed by atoms with Crippen molar-refractivity contribution in [1.29, 1.82) is 0 Å². The molecule has 1 saturated heterocycles. The number of nitrogens with zero attached hydrogens (tertiary/aromatic N) is 3. The number of carboxylic acids is 1. The number of aromatic nitrogens is 2. The minimum atomic E-state index is -0.974. The highest BCUT2D eigenvalue weighted by molar-refractivity contribution is 8.26. The van der Waals surface area contributed by atoms with Crippen molar-refractivity contribution in [3.05, 3.63) is 45.2 Å². The number of thiocarbonyl (C=S) groups is 1. The highest BCUT2D eigenvalue weighted by atomic mass is 32.2. The number of amides is 1. The number of quaternary nitrogens is 1. The second-order valence-electron chi connectivity index (χ2n) is 10.00. The first-order valence-corrected chi connectivity index (χ1v) is 15.4. The Morgan fingerprint density at radius 1 is 1.03 bits per heavy atom. The smallest absolute Gasteiger partial charge is 0.271 e. The first kappa shape index (κ1) is 31.0. The van der Waals surface area contributed by atoms with E-state index < -0.39 is 5.97 Å². The highest BCUT2D eigenvalue weighted by Gasteiger charge is 2.33. The molecular formula is C29H40N4O4S2. The summed E-state index contributed by atoms with van der Waals surface area (Å²) in [7, 11) is 0. The number of thioether (sulfide) groups is 1. The van der Waals surface area contributed by atoms with Crippen molar-refractivity contribution in [1.82, 2.24) is 14.3 Å². The Kier molecular flexibility index (Phi) is 12.6. The number of carbonyl (C=O) groups is 2. The van der Waals surface area contributed by atoms with Crippen LogP contribution in [-0.4, -0.2) is 50.1 Å². The number of aliphatic carboxylic acids is 1. The van der Waals surface area contributed by atoms with Crippen LogP contribution < -0.4 is 15.6 Å². The molecule has 2 aromatic rings. The lowest BCUT2D eigenvalue weighted by atomic mass is 10.1. The Bertz CT molecular complexity index is 1240. The predicted molar refractivity (Wildman–Crippen MR) is 159 cm³/mol. The molecule has 0 unspecified atom stereocenters. The van der Waals surface area contributed by atoms with Gasteiger partial charge in [-0.1, -0.05) is 82.4 Å². The van der Waals surface area contributed by atoms with Crippen LogP contribution >= 0.6 is 24.0 Å². The van der Waals surface area contributed by atoms with Gasteiger partial charge in [0.25, 0.3) is 11.5 Å². The van der Waals surface area contributed by atoms with Crippen LogP contribution in [-0.2, 0) is 9.59 Å². The fourth-order valence-corrected chi connectivity index (χ4v) is 6.18. The molecule has 8 nitrogen and oxygen atoms in total. The SMILES string of the molecule is CCC[NH+](CCC)c1nc2ccccn2c(=O)c1C=C1SC(=S)N(CCCCCCCCCCC(=O)[O-])C1=O. The van der Waals surface area contributed by atoms with Crippen LogP contribution in [0.3, 0.4) is 0 Å². The number of hydrogen-bond donors (Lipinski definition) is 1. The highest BCUT2D eigenvalue weighted by Crippen LogP contribution is 2.33.